The van der Waals surface area contributed by atoms with Crippen LogP contribution in [-0.4, -0.2) is 38.5 Å². The minimum atomic E-state index is -0.502. The van der Waals surface area contributed by atoms with Crippen molar-refractivity contribution in [2.24, 2.45) is 14.1 Å². The van der Waals surface area contributed by atoms with Crippen molar-refractivity contribution >= 4 is 11.5 Å². The van der Waals surface area contributed by atoms with Gasteiger partial charge in [-0.2, -0.15) is 5.10 Å². The van der Waals surface area contributed by atoms with Gasteiger partial charge in [-0.1, -0.05) is 0 Å². The number of rotatable bonds is 7. The SMILES string of the molecule is COc1cc(OC)cc(C(Nc2c([N+](=O)[O-])c(C)nn2C)c2nccn2C)c1. The highest BCUT2D eigenvalue weighted by atomic mass is 16.6. The summed E-state index contributed by atoms with van der Waals surface area (Å²) < 4.78 is 14.1. The fraction of sp³-hybridized carbons (Fsp3) is 0.333. The van der Waals surface area contributed by atoms with E-state index in [4.69, 9.17) is 9.47 Å². The van der Waals surface area contributed by atoms with Crippen molar-refractivity contribution in [1.29, 1.82) is 0 Å². The Morgan fingerprint density at radius 2 is 1.82 bits per heavy atom. The Hall–Kier alpha value is -3.56. The highest BCUT2D eigenvalue weighted by molar-refractivity contribution is 5.61. The minimum Gasteiger partial charge on any atom is -0.497 e. The van der Waals surface area contributed by atoms with Crippen molar-refractivity contribution in [2.75, 3.05) is 19.5 Å². The molecule has 0 saturated carbocycles. The number of hydrogen-bond donors (Lipinski definition) is 1. The molecule has 148 valence electrons. The molecule has 28 heavy (non-hydrogen) atoms. The van der Waals surface area contributed by atoms with Crippen molar-refractivity contribution in [1.82, 2.24) is 19.3 Å². The molecule has 1 atom stereocenters. The number of ether oxygens (including phenoxy) is 2. The molecular formula is C18H22N6O4. The van der Waals surface area contributed by atoms with Crippen molar-refractivity contribution < 1.29 is 14.4 Å². The number of benzene rings is 1. The Kier molecular flexibility index (Phi) is 5.21. The van der Waals surface area contributed by atoms with Crippen LogP contribution in [0.1, 0.15) is 23.1 Å². The molecule has 0 bridgehead atoms. The molecule has 0 fully saturated rings. The number of nitro groups is 1. The molecular weight excluding hydrogens is 364 g/mol. The summed E-state index contributed by atoms with van der Waals surface area (Å²) >= 11 is 0. The summed E-state index contributed by atoms with van der Waals surface area (Å²) in [5.74, 6) is 2.16. The number of nitrogens with zero attached hydrogens (tertiary/aromatic N) is 5. The van der Waals surface area contributed by atoms with Crippen molar-refractivity contribution in [2.45, 2.75) is 13.0 Å². The molecule has 2 heterocycles. The number of nitrogens with one attached hydrogen (secondary N) is 1. The van der Waals surface area contributed by atoms with Crippen LogP contribution in [0.15, 0.2) is 30.6 Å². The Morgan fingerprint density at radius 1 is 1.18 bits per heavy atom. The van der Waals surface area contributed by atoms with E-state index in [2.05, 4.69) is 15.4 Å². The third-order valence-electron chi connectivity index (χ3n) is 4.48. The second-order valence-electron chi connectivity index (χ2n) is 6.28. The van der Waals surface area contributed by atoms with E-state index in [0.717, 1.165) is 5.56 Å². The summed E-state index contributed by atoms with van der Waals surface area (Å²) in [5.41, 5.74) is 1.03. The van der Waals surface area contributed by atoms with E-state index in [1.54, 1.807) is 40.5 Å². The van der Waals surface area contributed by atoms with Crippen molar-refractivity contribution in [3.8, 4) is 11.5 Å². The van der Waals surface area contributed by atoms with E-state index >= 15 is 0 Å². The molecule has 10 heteroatoms. The van der Waals surface area contributed by atoms with Crippen LogP contribution in [0, 0.1) is 17.0 Å². The Bertz CT molecular complexity index is 987. The van der Waals surface area contributed by atoms with E-state index < -0.39 is 11.0 Å². The number of aryl methyl sites for hydroxylation is 3. The quantitative estimate of drug-likeness (QED) is 0.491. The predicted molar refractivity (Wildman–Crippen MR) is 103 cm³/mol. The van der Waals surface area contributed by atoms with E-state index in [1.165, 1.54) is 4.68 Å². The molecule has 1 unspecified atom stereocenters. The molecule has 3 aromatic rings. The first-order chi connectivity index (χ1) is 13.3. The van der Waals surface area contributed by atoms with Gasteiger partial charge in [0.25, 0.3) is 0 Å². The average molecular weight is 386 g/mol. The zero-order valence-corrected chi connectivity index (χ0v) is 16.3. The van der Waals surface area contributed by atoms with Crippen LogP contribution >= 0.6 is 0 Å². The fourth-order valence-corrected chi connectivity index (χ4v) is 3.11. The molecule has 0 aliphatic carbocycles. The van der Waals surface area contributed by atoms with Gasteiger partial charge in [-0.25, -0.2) is 9.67 Å². The summed E-state index contributed by atoms with van der Waals surface area (Å²) in [7, 11) is 6.65. The third kappa shape index (κ3) is 3.48. The maximum atomic E-state index is 11.6. The first kappa shape index (κ1) is 19.2. The fourth-order valence-electron chi connectivity index (χ4n) is 3.11. The zero-order chi connectivity index (χ0) is 20.4. The first-order valence-electron chi connectivity index (χ1n) is 8.50. The lowest BCUT2D eigenvalue weighted by Gasteiger charge is -2.21. The summed E-state index contributed by atoms with van der Waals surface area (Å²) in [6.45, 7) is 1.60. The Morgan fingerprint density at radius 3 is 2.32 bits per heavy atom. The number of methoxy groups -OCH3 is 2. The minimum absolute atomic E-state index is 0.0726. The van der Waals surface area contributed by atoms with Crippen LogP contribution < -0.4 is 14.8 Å². The van der Waals surface area contributed by atoms with Gasteiger partial charge in [0, 0.05) is 32.6 Å². The largest absolute Gasteiger partial charge is 0.497 e. The molecule has 0 radical (unpaired) electrons. The molecule has 1 N–H and O–H groups in total. The van der Waals surface area contributed by atoms with Gasteiger partial charge in [0.15, 0.2) is 0 Å². The smallest absolute Gasteiger partial charge is 0.333 e. The van der Waals surface area contributed by atoms with Gasteiger partial charge in [-0.3, -0.25) is 10.1 Å². The van der Waals surface area contributed by atoms with E-state index in [0.29, 0.717) is 23.0 Å². The second-order valence-corrected chi connectivity index (χ2v) is 6.28. The van der Waals surface area contributed by atoms with Crippen molar-refractivity contribution in [3.05, 3.63) is 57.8 Å². The number of anilines is 1. The van der Waals surface area contributed by atoms with Crippen molar-refractivity contribution in [3.63, 3.8) is 0 Å². The monoisotopic (exact) mass is 386 g/mol. The van der Waals surface area contributed by atoms with Crippen LogP contribution in [0.5, 0.6) is 11.5 Å². The zero-order valence-electron chi connectivity index (χ0n) is 16.3. The lowest BCUT2D eigenvalue weighted by molar-refractivity contribution is -0.384. The van der Waals surface area contributed by atoms with Gasteiger partial charge in [-0.05, 0) is 24.6 Å². The molecule has 0 aliphatic rings. The van der Waals surface area contributed by atoms with Gasteiger partial charge in [-0.15, -0.1) is 0 Å². The summed E-state index contributed by atoms with van der Waals surface area (Å²) in [6.07, 6.45) is 3.48. The van der Waals surface area contributed by atoms with E-state index in [1.807, 2.05) is 29.9 Å². The lowest BCUT2D eigenvalue weighted by Crippen LogP contribution is -2.19. The number of aromatic nitrogens is 4. The van der Waals surface area contributed by atoms with Crippen LogP contribution in [0.25, 0.3) is 0 Å². The maximum absolute atomic E-state index is 11.6. The molecule has 0 aliphatic heterocycles. The lowest BCUT2D eigenvalue weighted by atomic mass is 10.0. The van der Waals surface area contributed by atoms with Crippen LogP contribution in [0.3, 0.4) is 0 Å². The first-order valence-corrected chi connectivity index (χ1v) is 8.50. The molecule has 0 amide bonds. The van der Waals surface area contributed by atoms with E-state index in [9.17, 15) is 10.1 Å². The molecule has 0 saturated heterocycles. The summed E-state index contributed by atoms with van der Waals surface area (Å²) in [6, 6.07) is 4.93. The standard InChI is InChI=1S/C18H22N6O4/c1-11-16(24(25)26)18(23(3)21-11)20-15(17-19-6-7-22(17)2)12-8-13(27-4)10-14(9-12)28-5/h6-10,15,20H,1-5H3. The molecule has 2 aromatic heterocycles. The summed E-state index contributed by atoms with van der Waals surface area (Å²) in [5, 5.41) is 19.0. The summed E-state index contributed by atoms with van der Waals surface area (Å²) in [4.78, 5) is 15.6. The van der Waals surface area contributed by atoms with Gasteiger partial charge >= 0.3 is 5.69 Å². The van der Waals surface area contributed by atoms with Gasteiger partial charge in [0.1, 0.15) is 29.1 Å². The van der Waals surface area contributed by atoms with Gasteiger partial charge in [0.2, 0.25) is 5.82 Å². The molecule has 1 aromatic carbocycles. The molecule has 10 nitrogen and oxygen atoms in total. The Labute approximate surface area is 161 Å². The highest BCUT2D eigenvalue weighted by Crippen LogP contribution is 2.35. The van der Waals surface area contributed by atoms with Gasteiger partial charge < -0.3 is 19.4 Å². The maximum Gasteiger partial charge on any atom is 0.333 e. The van der Waals surface area contributed by atoms with Gasteiger partial charge in [0.05, 0.1) is 19.1 Å². The number of hydrogen-bond acceptors (Lipinski definition) is 7. The van der Waals surface area contributed by atoms with Crippen LogP contribution in [0.2, 0.25) is 0 Å². The normalized spacial score (nSPS) is 11.9. The Balaban J connectivity index is 2.16. The number of imidazole rings is 1. The topological polar surface area (TPSA) is 109 Å². The molecule has 3 rings (SSSR count). The second kappa shape index (κ2) is 7.59. The van der Waals surface area contributed by atoms with Crippen LogP contribution in [0.4, 0.5) is 11.5 Å². The third-order valence-corrected chi connectivity index (χ3v) is 4.48. The molecule has 0 spiro atoms. The van der Waals surface area contributed by atoms with Crippen LogP contribution in [-0.2, 0) is 14.1 Å². The average Bonchev–Trinajstić information content (AvgIpc) is 3.21. The van der Waals surface area contributed by atoms with E-state index in [-0.39, 0.29) is 11.5 Å². The highest BCUT2D eigenvalue weighted by Gasteiger charge is 2.29. The predicted octanol–water partition coefficient (Wildman–Crippen LogP) is 2.59.